The number of rotatable bonds is 5. The Labute approximate surface area is 130 Å². The van der Waals surface area contributed by atoms with Gasteiger partial charge in [0.25, 0.3) is 0 Å². The second-order valence-electron chi connectivity index (χ2n) is 4.55. The van der Waals surface area contributed by atoms with Crippen LogP contribution in [0.5, 0.6) is 0 Å². The molecule has 1 saturated heterocycles. The molecule has 0 saturated carbocycles. The molecule has 1 aliphatic rings. The number of hydrogen-bond acceptors (Lipinski definition) is 8. The molecule has 0 aliphatic carbocycles. The molecule has 114 valence electrons. The Kier molecular flexibility index (Phi) is 4.96. The standard InChI is InChI=1S/C12H16N4O3S2/c1-6(5-20-12-15-14-7(2)21-12)9(11(18)19-3)16-4-8(13)10(16)17/h8H,4-5,13H2,1-3H3. The quantitative estimate of drug-likeness (QED) is 0.365. The number of esters is 1. The van der Waals surface area contributed by atoms with Crippen molar-refractivity contribution in [2.45, 2.75) is 24.2 Å². The summed E-state index contributed by atoms with van der Waals surface area (Å²) in [5, 5.41) is 8.83. The van der Waals surface area contributed by atoms with E-state index in [1.165, 1.54) is 35.1 Å². The van der Waals surface area contributed by atoms with Gasteiger partial charge in [-0.25, -0.2) is 4.79 Å². The first-order chi connectivity index (χ1) is 9.93. The summed E-state index contributed by atoms with van der Waals surface area (Å²) in [6.07, 6.45) is 0. The fraction of sp³-hybridized carbons (Fsp3) is 0.500. The lowest BCUT2D eigenvalue weighted by atomic mass is 10.1. The largest absolute Gasteiger partial charge is 0.464 e. The Morgan fingerprint density at radius 1 is 1.57 bits per heavy atom. The smallest absolute Gasteiger partial charge is 0.354 e. The van der Waals surface area contributed by atoms with Crippen molar-refractivity contribution < 1.29 is 14.3 Å². The minimum atomic E-state index is -0.532. The van der Waals surface area contributed by atoms with Gasteiger partial charge >= 0.3 is 5.97 Å². The highest BCUT2D eigenvalue weighted by Gasteiger charge is 2.39. The van der Waals surface area contributed by atoms with Crippen LogP contribution in [0.4, 0.5) is 0 Å². The Balaban J connectivity index is 2.13. The van der Waals surface area contributed by atoms with Crippen LogP contribution in [0.3, 0.4) is 0 Å². The van der Waals surface area contributed by atoms with Crippen molar-refractivity contribution in [3.05, 3.63) is 16.3 Å². The van der Waals surface area contributed by atoms with Crippen molar-refractivity contribution in [3.8, 4) is 0 Å². The summed E-state index contributed by atoms with van der Waals surface area (Å²) in [4.78, 5) is 25.0. The fourth-order valence-corrected chi connectivity index (χ4v) is 3.61. The molecule has 1 aromatic rings. The Bertz CT molecular complexity index is 599. The predicted molar refractivity (Wildman–Crippen MR) is 79.8 cm³/mol. The van der Waals surface area contributed by atoms with Crippen LogP contribution < -0.4 is 5.73 Å². The monoisotopic (exact) mass is 328 g/mol. The van der Waals surface area contributed by atoms with Crippen molar-refractivity contribution in [1.29, 1.82) is 0 Å². The third-order valence-corrected chi connectivity index (χ3v) is 5.08. The molecule has 2 N–H and O–H groups in total. The van der Waals surface area contributed by atoms with Crippen LogP contribution in [0.1, 0.15) is 11.9 Å². The molecule has 7 nitrogen and oxygen atoms in total. The van der Waals surface area contributed by atoms with Crippen molar-refractivity contribution in [3.63, 3.8) is 0 Å². The topological polar surface area (TPSA) is 98.4 Å². The zero-order valence-corrected chi connectivity index (χ0v) is 13.6. The molecule has 0 bridgehead atoms. The van der Waals surface area contributed by atoms with Gasteiger partial charge in [-0.15, -0.1) is 10.2 Å². The number of hydrogen-bond donors (Lipinski definition) is 1. The highest BCUT2D eigenvalue weighted by atomic mass is 32.2. The SMILES string of the molecule is COC(=O)C(=C(C)CSc1nnc(C)s1)N1CC(N)C1=O. The first kappa shape index (κ1) is 15.9. The van der Waals surface area contributed by atoms with E-state index in [9.17, 15) is 9.59 Å². The Morgan fingerprint density at radius 2 is 2.29 bits per heavy atom. The zero-order valence-electron chi connectivity index (χ0n) is 12.0. The summed E-state index contributed by atoms with van der Waals surface area (Å²) in [6, 6.07) is -0.532. The minimum Gasteiger partial charge on any atom is -0.464 e. The van der Waals surface area contributed by atoms with Gasteiger partial charge in [-0.3, -0.25) is 4.79 Å². The molecule has 1 aromatic heterocycles. The summed E-state index contributed by atoms with van der Waals surface area (Å²) in [7, 11) is 1.29. The number of ether oxygens (including phenoxy) is 1. The molecular formula is C12H16N4O3S2. The minimum absolute atomic E-state index is 0.258. The normalized spacial score (nSPS) is 19.1. The van der Waals surface area contributed by atoms with Crippen LogP contribution in [0.2, 0.25) is 0 Å². The number of thioether (sulfide) groups is 1. The summed E-state index contributed by atoms with van der Waals surface area (Å²) in [5.74, 6) is -0.258. The molecule has 21 heavy (non-hydrogen) atoms. The van der Waals surface area contributed by atoms with Gasteiger partial charge in [0.15, 0.2) is 4.34 Å². The number of nitrogens with zero attached hydrogens (tertiary/aromatic N) is 3. The summed E-state index contributed by atoms with van der Waals surface area (Å²) >= 11 is 2.96. The summed E-state index contributed by atoms with van der Waals surface area (Å²) < 4.78 is 5.59. The number of carbonyl (C=O) groups excluding carboxylic acids is 2. The van der Waals surface area contributed by atoms with Crippen LogP contribution in [-0.2, 0) is 14.3 Å². The van der Waals surface area contributed by atoms with E-state index in [2.05, 4.69) is 10.2 Å². The van der Waals surface area contributed by atoms with E-state index in [1.807, 2.05) is 6.92 Å². The first-order valence-corrected chi connectivity index (χ1v) is 8.02. The van der Waals surface area contributed by atoms with E-state index in [0.717, 1.165) is 14.9 Å². The maximum Gasteiger partial charge on any atom is 0.354 e. The van der Waals surface area contributed by atoms with Crippen molar-refractivity contribution >= 4 is 35.0 Å². The molecule has 1 unspecified atom stereocenters. The lowest BCUT2D eigenvalue weighted by Crippen LogP contribution is -2.61. The van der Waals surface area contributed by atoms with E-state index in [4.69, 9.17) is 10.5 Å². The predicted octanol–water partition coefficient (Wildman–Crippen LogP) is 0.555. The molecule has 1 amide bonds. The highest BCUT2D eigenvalue weighted by molar-refractivity contribution is 8.01. The van der Waals surface area contributed by atoms with E-state index >= 15 is 0 Å². The third kappa shape index (κ3) is 3.42. The molecular weight excluding hydrogens is 312 g/mol. The van der Waals surface area contributed by atoms with Crippen molar-refractivity contribution in [1.82, 2.24) is 15.1 Å². The van der Waals surface area contributed by atoms with Crippen LogP contribution in [-0.4, -0.2) is 52.4 Å². The van der Waals surface area contributed by atoms with Crippen molar-refractivity contribution in [2.24, 2.45) is 5.73 Å². The van der Waals surface area contributed by atoms with Gasteiger partial charge in [0.05, 0.1) is 13.7 Å². The maximum absolute atomic E-state index is 11.9. The zero-order chi connectivity index (χ0) is 15.6. The molecule has 9 heteroatoms. The van der Waals surface area contributed by atoms with Gasteiger partial charge in [-0.2, -0.15) is 0 Å². The van der Waals surface area contributed by atoms with Crippen LogP contribution >= 0.6 is 23.1 Å². The second kappa shape index (κ2) is 6.54. The molecule has 0 radical (unpaired) electrons. The van der Waals surface area contributed by atoms with Gasteiger partial charge in [-0.05, 0) is 19.4 Å². The fourth-order valence-electron chi connectivity index (χ4n) is 1.84. The van der Waals surface area contributed by atoms with E-state index < -0.39 is 12.0 Å². The number of methoxy groups -OCH3 is 1. The number of aryl methyl sites for hydroxylation is 1. The highest BCUT2D eigenvalue weighted by Crippen LogP contribution is 2.27. The molecule has 0 aromatic carbocycles. The number of β-lactam (4-membered cyclic amide) rings is 1. The molecule has 0 spiro atoms. The molecule has 2 heterocycles. The number of carbonyl (C=O) groups is 2. The lowest BCUT2D eigenvalue weighted by Gasteiger charge is -2.37. The van der Waals surface area contributed by atoms with Crippen LogP contribution in [0.15, 0.2) is 15.6 Å². The number of likely N-dealkylation sites (tertiary alicyclic amines) is 1. The van der Waals surface area contributed by atoms with Gasteiger partial charge in [0.2, 0.25) is 5.91 Å². The maximum atomic E-state index is 11.9. The average Bonchev–Trinajstić information content (AvgIpc) is 2.89. The number of aromatic nitrogens is 2. The Morgan fingerprint density at radius 3 is 2.76 bits per heavy atom. The van der Waals surface area contributed by atoms with E-state index in [0.29, 0.717) is 12.3 Å². The van der Waals surface area contributed by atoms with E-state index in [1.54, 1.807) is 6.92 Å². The number of amides is 1. The van der Waals surface area contributed by atoms with Gasteiger partial charge < -0.3 is 15.4 Å². The molecule has 1 fully saturated rings. The van der Waals surface area contributed by atoms with Gasteiger partial charge in [0.1, 0.15) is 16.7 Å². The van der Waals surface area contributed by atoms with Crippen LogP contribution in [0, 0.1) is 6.92 Å². The Hall–Kier alpha value is -1.45. The summed E-state index contributed by atoms with van der Waals surface area (Å²) in [5.41, 5.74) is 6.60. The molecule has 2 rings (SSSR count). The average molecular weight is 328 g/mol. The first-order valence-electron chi connectivity index (χ1n) is 6.22. The van der Waals surface area contributed by atoms with Gasteiger partial charge in [0, 0.05) is 5.75 Å². The van der Waals surface area contributed by atoms with Gasteiger partial charge in [-0.1, -0.05) is 23.1 Å². The van der Waals surface area contributed by atoms with E-state index in [-0.39, 0.29) is 11.6 Å². The lowest BCUT2D eigenvalue weighted by molar-refractivity contribution is -0.147. The molecule has 1 atom stereocenters. The van der Waals surface area contributed by atoms with Crippen LogP contribution in [0.25, 0.3) is 0 Å². The molecule has 1 aliphatic heterocycles. The number of nitrogens with two attached hydrogens (primary N) is 1. The second-order valence-corrected chi connectivity index (χ2v) is 6.96. The summed E-state index contributed by atoms with van der Waals surface area (Å²) in [6.45, 7) is 4.01. The van der Waals surface area contributed by atoms with Crippen molar-refractivity contribution in [2.75, 3.05) is 19.4 Å². The third-order valence-electron chi connectivity index (χ3n) is 2.94.